The van der Waals surface area contributed by atoms with E-state index in [9.17, 15) is 0 Å². The van der Waals surface area contributed by atoms with Crippen molar-refractivity contribution >= 4 is 16.5 Å². The molecule has 1 saturated heterocycles. The number of anilines is 1. The van der Waals surface area contributed by atoms with E-state index in [-0.39, 0.29) is 0 Å². The van der Waals surface area contributed by atoms with E-state index in [0.29, 0.717) is 0 Å². The van der Waals surface area contributed by atoms with Gasteiger partial charge < -0.3 is 15.5 Å². The van der Waals surface area contributed by atoms with Gasteiger partial charge in [0, 0.05) is 38.1 Å². The highest BCUT2D eigenvalue weighted by atomic mass is 32.1. The van der Waals surface area contributed by atoms with Crippen LogP contribution in [0.3, 0.4) is 0 Å². The van der Waals surface area contributed by atoms with Crippen molar-refractivity contribution in [1.29, 1.82) is 0 Å². The third-order valence-corrected chi connectivity index (χ3v) is 4.16. The van der Waals surface area contributed by atoms with Gasteiger partial charge in [-0.3, -0.25) is 0 Å². The minimum absolute atomic E-state index is 0.761. The van der Waals surface area contributed by atoms with E-state index < -0.39 is 0 Å². The molecule has 0 radical (unpaired) electrons. The van der Waals surface area contributed by atoms with Crippen LogP contribution in [0.2, 0.25) is 0 Å². The lowest BCUT2D eigenvalue weighted by Crippen LogP contribution is -2.33. The van der Waals surface area contributed by atoms with Gasteiger partial charge in [-0.05, 0) is 19.4 Å². The topological polar surface area (TPSA) is 45.4 Å². The normalized spacial score (nSPS) is 18.4. The lowest BCUT2D eigenvalue weighted by molar-refractivity contribution is 0.302. The fourth-order valence-corrected chi connectivity index (χ4v) is 3.13. The molecular formula is C12H22N4S. The molecule has 0 aliphatic carbocycles. The number of aromatic nitrogens is 1. The first-order valence-corrected chi connectivity index (χ1v) is 7.33. The highest BCUT2D eigenvalue weighted by Gasteiger charge is 2.16. The Bertz CT molecular complexity index is 339. The maximum Gasteiger partial charge on any atom is 0.185 e. The maximum atomic E-state index is 5.61. The van der Waals surface area contributed by atoms with Crippen LogP contribution < -0.4 is 10.6 Å². The van der Waals surface area contributed by atoms with Crippen LogP contribution in [0.1, 0.15) is 19.0 Å². The highest BCUT2D eigenvalue weighted by Crippen LogP contribution is 2.22. The van der Waals surface area contributed by atoms with Crippen LogP contribution >= 0.6 is 11.3 Å². The van der Waals surface area contributed by atoms with Crippen molar-refractivity contribution in [1.82, 2.24) is 9.88 Å². The average molecular weight is 254 g/mol. The van der Waals surface area contributed by atoms with E-state index in [0.717, 1.165) is 39.1 Å². The summed E-state index contributed by atoms with van der Waals surface area (Å²) in [4.78, 5) is 9.54. The SMILES string of the molecule is CCc1csc(N2CCCN(CCN)CC2)n1. The molecule has 1 aliphatic heterocycles. The first-order valence-electron chi connectivity index (χ1n) is 6.45. The molecule has 2 N–H and O–H groups in total. The van der Waals surface area contributed by atoms with E-state index in [1.807, 2.05) is 0 Å². The van der Waals surface area contributed by atoms with Crippen molar-refractivity contribution in [2.24, 2.45) is 5.73 Å². The molecule has 0 unspecified atom stereocenters. The minimum Gasteiger partial charge on any atom is -0.347 e. The fraction of sp³-hybridized carbons (Fsp3) is 0.750. The molecule has 17 heavy (non-hydrogen) atoms. The molecule has 1 fully saturated rings. The van der Waals surface area contributed by atoms with Gasteiger partial charge in [0.05, 0.1) is 5.69 Å². The Labute approximate surface area is 107 Å². The summed E-state index contributed by atoms with van der Waals surface area (Å²) in [6, 6.07) is 0. The number of nitrogens with two attached hydrogens (primary N) is 1. The monoisotopic (exact) mass is 254 g/mol. The quantitative estimate of drug-likeness (QED) is 0.876. The van der Waals surface area contributed by atoms with Crippen molar-refractivity contribution < 1.29 is 0 Å². The first-order chi connectivity index (χ1) is 8.33. The molecule has 0 aromatic carbocycles. The second-order valence-electron chi connectivity index (χ2n) is 4.45. The van der Waals surface area contributed by atoms with Crippen LogP contribution in [0.4, 0.5) is 5.13 Å². The molecule has 0 saturated carbocycles. The predicted molar refractivity (Wildman–Crippen MR) is 73.8 cm³/mol. The Morgan fingerprint density at radius 2 is 2.24 bits per heavy atom. The summed E-state index contributed by atoms with van der Waals surface area (Å²) in [6.07, 6.45) is 2.24. The summed E-state index contributed by atoms with van der Waals surface area (Å²) in [6.45, 7) is 8.42. The first kappa shape index (κ1) is 12.8. The number of nitrogens with zero attached hydrogens (tertiary/aromatic N) is 3. The third-order valence-electron chi connectivity index (χ3n) is 3.21. The van der Waals surface area contributed by atoms with Gasteiger partial charge in [-0.15, -0.1) is 11.3 Å². The largest absolute Gasteiger partial charge is 0.347 e. The van der Waals surface area contributed by atoms with E-state index in [2.05, 4.69) is 27.1 Å². The second kappa shape index (κ2) is 6.33. The Morgan fingerprint density at radius 1 is 1.35 bits per heavy atom. The van der Waals surface area contributed by atoms with Gasteiger partial charge in [0.25, 0.3) is 0 Å². The second-order valence-corrected chi connectivity index (χ2v) is 5.28. The van der Waals surface area contributed by atoms with Gasteiger partial charge in [-0.25, -0.2) is 4.98 Å². The van der Waals surface area contributed by atoms with Gasteiger partial charge >= 0.3 is 0 Å². The summed E-state index contributed by atoms with van der Waals surface area (Å²) in [5.74, 6) is 0. The molecule has 2 rings (SSSR count). The molecule has 0 atom stereocenters. The van der Waals surface area contributed by atoms with Crippen molar-refractivity contribution in [3.63, 3.8) is 0 Å². The standard InChI is InChI=1S/C12H22N4S/c1-2-11-10-17-12(14-11)16-6-3-5-15(7-4-13)8-9-16/h10H,2-9,13H2,1H3. The lowest BCUT2D eigenvalue weighted by Gasteiger charge is -2.20. The third kappa shape index (κ3) is 3.40. The van der Waals surface area contributed by atoms with Gasteiger partial charge in [0.1, 0.15) is 0 Å². The minimum atomic E-state index is 0.761. The number of aryl methyl sites for hydroxylation is 1. The number of hydrogen-bond donors (Lipinski definition) is 1. The van der Waals surface area contributed by atoms with E-state index >= 15 is 0 Å². The number of rotatable bonds is 4. The van der Waals surface area contributed by atoms with Crippen LogP contribution in [0.15, 0.2) is 5.38 Å². The van der Waals surface area contributed by atoms with Crippen molar-refractivity contribution in [2.45, 2.75) is 19.8 Å². The molecule has 96 valence electrons. The summed E-state index contributed by atoms with van der Waals surface area (Å²) in [7, 11) is 0. The summed E-state index contributed by atoms with van der Waals surface area (Å²) in [5.41, 5.74) is 6.83. The van der Waals surface area contributed by atoms with Crippen LogP contribution in [0.25, 0.3) is 0 Å². The van der Waals surface area contributed by atoms with Crippen LogP contribution in [0.5, 0.6) is 0 Å². The van der Waals surface area contributed by atoms with Crippen LogP contribution in [0, 0.1) is 0 Å². The average Bonchev–Trinajstić information content (AvgIpc) is 2.70. The Kier molecular flexibility index (Phi) is 4.76. The number of hydrogen-bond acceptors (Lipinski definition) is 5. The smallest absolute Gasteiger partial charge is 0.185 e. The molecule has 1 aromatic heterocycles. The number of thiazole rings is 1. The van der Waals surface area contributed by atoms with Gasteiger partial charge in [0.2, 0.25) is 0 Å². The van der Waals surface area contributed by atoms with Crippen LogP contribution in [-0.2, 0) is 6.42 Å². The zero-order valence-corrected chi connectivity index (χ0v) is 11.4. The van der Waals surface area contributed by atoms with Gasteiger partial charge in [0.15, 0.2) is 5.13 Å². The molecule has 5 heteroatoms. The zero-order chi connectivity index (χ0) is 12.1. The summed E-state index contributed by atoms with van der Waals surface area (Å²) < 4.78 is 0. The van der Waals surface area contributed by atoms with Crippen molar-refractivity contribution in [2.75, 3.05) is 44.2 Å². The molecule has 4 nitrogen and oxygen atoms in total. The van der Waals surface area contributed by atoms with Crippen molar-refractivity contribution in [3.05, 3.63) is 11.1 Å². The fourth-order valence-electron chi connectivity index (χ4n) is 2.17. The van der Waals surface area contributed by atoms with Crippen LogP contribution in [-0.4, -0.2) is 49.2 Å². The van der Waals surface area contributed by atoms with E-state index in [1.54, 1.807) is 11.3 Å². The molecule has 2 heterocycles. The molecule has 0 spiro atoms. The maximum absolute atomic E-state index is 5.61. The lowest BCUT2D eigenvalue weighted by atomic mass is 10.4. The van der Waals surface area contributed by atoms with E-state index in [1.165, 1.54) is 23.8 Å². The summed E-state index contributed by atoms with van der Waals surface area (Å²) >= 11 is 1.78. The van der Waals surface area contributed by atoms with Gasteiger partial charge in [-0.1, -0.05) is 6.92 Å². The Hall–Kier alpha value is -0.650. The zero-order valence-electron chi connectivity index (χ0n) is 10.6. The molecular weight excluding hydrogens is 232 g/mol. The van der Waals surface area contributed by atoms with Gasteiger partial charge in [-0.2, -0.15) is 0 Å². The molecule has 0 bridgehead atoms. The Morgan fingerprint density at radius 3 is 2.94 bits per heavy atom. The highest BCUT2D eigenvalue weighted by molar-refractivity contribution is 7.13. The van der Waals surface area contributed by atoms with E-state index in [4.69, 9.17) is 5.73 Å². The van der Waals surface area contributed by atoms with Crippen molar-refractivity contribution in [3.8, 4) is 0 Å². The molecule has 0 amide bonds. The summed E-state index contributed by atoms with van der Waals surface area (Å²) in [5, 5.41) is 3.37. The predicted octanol–water partition coefficient (Wildman–Crippen LogP) is 1.18. The molecule has 1 aliphatic rings. The molecule has 1 aromatic rings. The Balaban J connectivity index is 1.93.